The Labute approximate surface area is 105 Å². The second-order valence-corrected chi connectivity index (χ2v) is 3.94. The van der Waals surface area contributed by atoms with Gasteiger partial charge in [0.05, 0.1) is 18.9 Å². The van der Waals surface area contributed by atoms with Crippen LogP contribution in [0.4, 0.5) is 0 Å². The van der Waals surface area contributed by atoms with E-state index < -0.39 is 17.1 Å². The summed E-state index contributed by atoms with van der Waals surface area (Å²) in [7, 11) is 1.30. The largest absolute Gasteiger partial charge is 0.349 e. The van der Waals surface area contributed by atoms with Gasteiger partial charge in [0.1, 0.15) is 12.2 Å². The molecule has 16 heavy (non-hydrogen) atoms. The topological polar surface area (TPSA) is 75.2 Å². The maximum atomic E-state index is 11.6. The van der Waals surface area contributed by atoms with E-state index in [2.05, 4.69) is 29.4 Å². The molecule has 0 amide bonds. The molecule has 0 spiro atoms. The number of nitrogens with zero attached hydrogens (tertiary/aromatic N) is 3. The average Bonchev–Trinajstić information content (AvgIpc) is 2.26. The van der Waals surface area contributed by atoms with E-state index >= 15 is 0 Å². The minimum absolute atomic E-state index is 0.129. The molecule has 0 aliphatic rings. The molecule has 1 heterocycles. The van der Waals surface area contributed by atoms with Crippen molar-refractivity contribution in [3.63, 3.8) is 0 Å². The molecule has 0 unspecified atom stereocenters. The van der Waals surface area contributed by atoms with Crippen LogP contribution in [-0.4, -0.2) is 20.2 Å². The van der Waals surface area contributed by atoms with E-state index in [9.17, 15) is 14.4 Å². The Balaban J connectivity index is 3.71. The minimum Gasteiger partial charge on any atom is -0.300 e. The third-order valence-electron chi connectivity index (χ3n) is 1.70. The molecule has 0 atom stereocenters. The fourth-order valence-corrected chi connectivity index (χ4v) is 1.95. The van der Waals surface area contributed by atoms with E-state index in [0.29, 0.717) is 16.2 Å². The molecule has 1 rings (SSSR count). The molecule has 0 fully saturated rings. The molecular weight excluding hydrogens is 274 g/mol. The lowest BCUT2D eigenvalue weighted by atomic mass is 10.8. The van der Waals surface area contributed by atoms with Crippen molar-refractivity contribution >= 4 is 37.5 Å². The van der Waals surface area contributed by atoms with Crippen LogP contribution in [0.15, 0.2) is 14.4 Å². The summed E-state index contributed by atoms with van der Waals surface area (Å²) in [6.07, 6.45) is 0. The number of hydrogen-bond donors (Lipinski definition) is 2. The molecule has 0 saturated heterocycles. The van der Waals surface area contributed by atoms with Gasteiger partial charge in [-0.1, -0.05) is 0 Å². The molecule has 0 aliphatic carbocycles. The first-order valence-corrected chi connectivity index (χ1v) is 5.94. The van der Waals surface area contributed by atoms with Crippen molar-refractivity contribution < 1.29 is 4.18 Å². The highest BCUT2D eigenvalue weighted by Crippen LogP contribution is 1.96. The predicted octanol–water partition coefficient (Wildman–Crippen LogP) is -0.996. The first-order chi connectivity index (χ1) is 7.58. The summed E-state index contributed by atoms with van der Waals surface area (Å²) < 4.78 is 6.94. The Bertz CT molecular complexity index is 503. The molecule has 7 nitrogen and oxygen atoms in total. The molecule has 1 aromatic heterocycles. The lowest BCUT2D eigenvalue weighted by Gasteiger charge is -2.08. The maximum Gasteiger partial charge on any atom is 0.349 e. The molecule has 0 aromatic carbocycles. The van der Waals surface area contributed by atoms with Crippen LogP contribution in [0, 0.1) is 0 Å². The van der Waals surface area contributed by atoms with E-state index in [1.807, 2.05) is 0 Å². The monoisotopic (exact) mass is 283 g/mol. The quantitative estimate of drug-likeness (QED) is 0.548. The van der Waals surface area contributed by atoms with Crippen molar-refractivity contribution in [2.24, 2.45) is 0 Å². The Morgan fingerprint density at radius 1 is 1.06 bits per heavy atom. The van der Waals surface area contributed by atoms with E-state index in [4.69, 9.17) is 0 Å². The van der Waals surface area contributed by atoms with Gasteiger partial charge in [-0.15, -0.1) is 0 Å². The average molecular weight is 283 g/mol. The van der Waals surface area contributed by atoms with Gasteiger partial charge in [-0.2, -0.15) is 29.2 Å². The summed E-state index contributed by atoms with van der Waals surface area (Å²) in [5, 5.41) is 0. The highest BCUT2D eigenvalue weighted by Gasteiger charge is 2.14. The van der Waals surface area contributed by atoms with Gasteiger partial charge in [0.25, 0.3) is 0 Å². The van der Waals surface area contributed by atoms with Crippen molar-refractivity contribution in [2.75, 3.05) is 7.11 Å². The van der Waals surface area contributed by atoms with Crippen LogP contribution < -0.4 is 17.1 Å². The van der Waals surface area contributed by atoms with Crippen molar-refractivity contribution in [1.29, 1.82) is 0 Å². The summed E-state index contributed by atoms with van der Waals surface area (Å²) in [6, 6.07) is 0. The molecule has 0 saturated carbocycles. The second kappa shape index (κ2) is 5.66. The molecule has 0 N–H and O–H groups in total. The summed E-state index contributed by atoms with van der Waals surface area (Å²) >= 11 is 8.23. The van der Waals surface area contributed by atoms with Gasteiger partial charge < -0.3 is 0 Å². The Kier molecular flexibility index (Phi) is 4.77. The molecule has 0 bridgehead atoms. The number of aromatic nitrogens is 3. The number of thiol groups is 2. The fourth-order valence-electron chi connectivity index (χ4n) is 0.991. The van der Waals surface area contributed by atoms with Gasteiger partial charge in [-0.3, -0.25) is 4.18 Å². The second-order valence-electron chi connectivity index (χ2n) is 2.52. The molecular formula is C6H9N3O4S3. The Hall–Kier alpha value is -0.580. The maximum absolute atomic E-state index is 11.6. The smallest absolute Gasteiger partial charge is 0.300 e. The first-order valence-electron chi connectivity index (χ1n) is 3.98. The Morgan fingerprint density at radius 2 is 1.50 bits per heavy atom. The molecule has 0 aliphatic heterocycles. The Morgan fingerprint density at radius 3 is 1.81 bits per heavy atom. The number of rotatable bonds is 4. The summed E-state index contributed by atoms with van der Waals surface area (Å²) in [5.74, 6) is -0.258. The van der Waals surface area contributed by atoms with Crippen molar-refractivity contribution in [2.45, 2.75) is 11.8 Å². The van der Waals surface area contributed by atoms with Crippen LogP contribution in [0.2, 0.25) is 0 Å². The van der Waals surface area contributed by atoms with Crippen LogP contribution in [0.5, 0.6) is 0 Å². The molecule has 0 radical (unpaired) electrons. The van der Waals surface area contributed by atoms with Gasteiger partial charge in [-0.25, -0.2) is 23.5 Å². The standard InChI is InChI=1S/C6H9N3O4S3/c1-13-16-9-5(11)7(2-14)4(10)8(3-15)6(9)12/h14-15H,2-3H2,1H3. The highest BCUT2D eigenvalue weighted by molar-refractivity contribution is 7.93. The minimum atomic E-state index is -0.783. The predicted molar refractivity (Wildman–Crippen MR) is 67.2 cm³/mol. The lowest BCUT2D eigenvalue weighted by Crippen LogP contribution is -2.52. The highest BCUT2D eigenvalue weighted by atomic mass is 32.2. The van der Waals surface area contributed by atoms with Crippen LogP contribution >= 0.6 is 37.5 Å². The normalized spacial score (nSPS) is 10.7. The molecule has 10 heteroatoms. The first kappa shape index (κ1) is 13.5. The van der Waals surface area contributed by atoms with Crippen LogP contribution in [0.3, 0.4) is 0 Å². The van der Waals surface area contributed by atoms with E-state index in [0.717, 1.165) is 9.13 Å². The van der Waals surface area contributed by atoms with E-state index in [-0.39, 0.29) is 11.8 Å². The summed E-state index contributed by atoms with van der Waals surface area (Å²) in [4.78, 5) is 34.9. The van der Waals surface area contributed by atoms with Crippen LogP contribution in [0.25, 0.3) is 0 Å². The zero-order valence-corrected chi connectivity index (χ0v) is 10.8. The van der Waals surface area contributed by atoms with Crippen molar-refractivity contribution in [1.82, 2.24) is 13.1 Å². The molecule has 1 aromatic rings. The van der Waals surface area contributed by atoms with E-state index in [1.165, 1.54) is 7.11 Å². The van der Waals surface area contributed by atoms with Gasteiger partial charge >= 0.3 is 17.1 Å². The molecule has 90 valence electrons. The third-order valence-corrected chi connectivity index (χ3v) is 2.88. The summed E-state index contributed by atoms with van der Waals surface area (Å²) in [6.45, 7) is 0. The van der Waals surface area contributed by atoms with Gasteiger partial charge in [0.15, 0.2) is 0 Å². The van der Waals surface area contributed by atoms with Crippen LogP contribution in [-0.2, 0) is 15.9 Å². The van der Waals surface area contributed by atoms with E-state index in [1.54, 1.807) is 0 Å². The lowest BCUT2D eigenvalue weighted by molar-refractivity contribution is 0.476. The van der Waals surface area contributed by atoms with Gasteiger partial charge in [0, 0.05) is 0 Å². The van der Waals surface area contributed by atoms with Crippen LogP contribution in [0.1, 0.15) is 0 Å². The number of hydrogen-bond acceptors (Lipinski definition) is 7. The van der Waals surface area contributed by atoms with Gasteiger partial charge in [0.2, 0.25) is 0 Å². The zero-order valence-electron chi connectivity index (χ0n) is 8.19. The summed E-state index contributed by atoms with van der Waals surface area (Å²) in [5.41, 5.74) is -2.31. The fraction of sp³-hybridized carbons (Fsp3) is 0.500. The van der Waals surface area contributed by atoms with Gasteiger partial charge in [-0.05, 0) is 0 Å². The zero-order chi connectivity index (χ0) is 12.3. The third kappa shape index (κ3) is 2.24. The van der Waals surface area contributed by atoms with Crippen molar-refractivity contribution in [3.8, 4) is 0 Å². The SMILES string of the molecule is COSn1c(=O)n(CS)c(=O)n(CS)c1=O. The van der Waals surface area contributed by atoms with Crippen molar-refractivity contribution in [3.05, 3.63) is 31.5 Å².